The second kappa shape index (κ2) is 8.82. The van der Waals surface area contributed by atoms with E-state index in [1.807, 2.05) is 13.0 Å². The zero-order valence-corrected chi connectivity index (χ0v) is 15.4. The largest absolute Gasteiger partial charge is 0.378 e. The van der Waals surface area contributed by atoms with Crippen molar-refractivity contribution in [3.05, 3.63) is 46.6 Å². The van der Waals surface area contributed by atoms with Crippen molar-refractivity contribution in [1.82, 2.24) is 15.3 Å². The van der Waals surface area contributed by atoms with Gasteiger partial charge < -0.3 is 20.3 Å². The molecule has 7 nitrogen and oxygen atoms in total. The van der Waals surface area contributed by atoms with Crippen LogP contribution in [0, 0.1) is 6.92 Å². The number of carbonyl (C=O) groups is 1. The van der Waals surface area contributed by atoms with E-state index >= 15 is 0 Å². The average molecular weight is 376 g/mol. The van der Waals surface area contributed by atoms with E-state index < -0.39 is 0 Å². The van der Waals surface area contributed by atoms with Crippen LogP contribution in [-0.4, -0.2) is 55.3 Å². The number of nitrogens with zero attached hydrogens (tertiary/aromatic N) is 3. The van der Waals surface area contributed by atoms with Crippen LogP contribution in [0.4, 0.5) is 11.8 Å². The molecule has 1 saturated heterocycles. The molecule has 8 heteroatoms. The molecule has 0 atom stereocenters. The molecule has 1 aliphatic heterocycles. The normalized spacial score (nSPS) is 14.2. The van der Waals surface area contributed by atoms with Crippen molar-refractivity contribution >= 4 is 29.3 Å². The number of halogens is 1. The Kier molecular flexibility index (Phi) is 6.25. The van der Waals surface area contributed by atoms with E-state index in [4.69, 9.17) is 16.3 Å². The Morgan fingerprint density at radius 2 is 2.00 bits per heavy atom. The molecule has 0 bridgehead atoms. The molecule has 1 fully saturated rings. The third-order valence-electron chi connectivity index (χ3n) is 3.99. The highest BCUT2D eigenvalue weighted by molar-refractivity contribution is 6.33. The maximum Gasteiger partial charge on any atom is 0.252 e. The van der Waals surface area contributed by atoms with Crippen LogP contribution in [0.15, 0.2) is 30.3 Å². The van der Waals surface area contributed by atoms with Crippen molar-refractivity contribution in [1.29, 1.82) is 0 Å². The van der Waals surface area contributed by atoms with Crippen LogP contribution in [0.5, 0.6) is 0 Å². The highest BCUT2D eigenvalue weighted by atomic mass is 35.5. The van der Waals surface area contributed by atoms with Gasteiger partial charge in [-0.2, -0.15) is 4.98 Å². The molecule has 138 valence electrons. The Bertz CT molecular complexity index is 765. The van der Waals surface area contributed by atoms with Crippen LogP contribution in [0.3, 0.4) is 0 Å². The Labute approximate surface area is 157 Å². The summed E-state index contributed by atoms with van der Waals surface area (Å²) >= 11 is 6.03. The van der Waals surface area contributed by atoms with Gasteiger partial charge in [-0.05, 0) is 19.1 Å². The number of hydrogen-bond acceptors (Lipinski definition) is 6. The third kappa shape index (κ3) is 4.83. The Balaban J connectivity index is 1.52. The number of nitrogens with one attached hydrogen (secondary N) is 2. The molecule has 26 heavy (non-hydrogen) atoms. The number of rotatable bonds is 6. The first-order chi connectivity index (χ1) is 12.6. The van der Waals surface area contributed by atoms with Crippen LogP contribution in [0.2, 0.25) is 5.02 Å². The second-order valence-corrected chi connectivity index (χ2v) is 6.36. The summed E-state index contributed by atoms with van der Waals surface area (Å²) in [5.41, 5.74) is 1.36. The van der Waals surface area contributed by atoms with Gasteiger partial charge in [0.25, 0.3) is 5.91 Å². The van der Waals surface area contributed by atoms with Gasteiger partial charge in [-0.25, -0.2) is 4.98 Å². The smallest absolute Gasteiger partial charge is 0.252 e. The molecule has 1 amide bonds. The first kappa shape index (κ1) is 18.4. The van der Waals surface area contributed by atoms with E-state index in [-0.39, 0.29) is 5.91 Å². The van der Waals surface area contributed by atoms with Crippen LogP contribution >= 0.6 is 11.6 Å². The fourth-order valence-corrected chi connectivity index (χ4v) is 2.90. The minimum atomic E-state index is -0.198. The minimum absolute atomic E-state index is 0.198. The molecule has 0 aliphatic carbocycles. The van der Waals surface area contributed by atoms with Gasteiger partial charge in [-0.1, -0.05) is 23.7 Å². The molecule has 0 radical (unpaired) electrons. The summed E-state index contributed by atoms with van der Waals surface area (Å²) in [6, 6.07) is 8.94. The van der Waals surface area contributed by atoms with Gasteiger partial charge >= 0.3 is 0 Å². The van der Waals surface area contributed by atoms with E-state index in [2.05, 4.69) is 25.5 Å². The summed E-state index contributed by atoms with van der Waals surface area (Å²) < 4.78 is 5.38. The number of amides is 1. The van der Waals surface area contributed by atoms with Crippen molar-refractivity contribution in [3.8, 4) is 0 Å². The lowest BCUT2D eigenvalue weighted by Crippen LogP contribution is -2.37. The van der Waals surface area contributed by atoms with Gasteiger partial charge in [0.15, 0.2) is 0 Å². The number of aryl methyl sites for hydroxylation is 1. The zero-order valence-electron chi connectivity index (χ0n) is 14.7. The predicted molar refractivity (Wildman–Crippen MR) is 102 cm³/mol. The average Bonchev–Trinajstić information content (AvgIpc) is 2.66. The van der Waals surface area contributed by atoms with Gasteiger partial charge in [0.1, 0.15) is 5.82 Å². The van der Waals surface area contributed by atoms with Gasteiger partial charge in [0.05, 0.1) is 23.8 Å². The maximum atomic E-state index is 12.1. The van der Waals surface area contributed by atoms with Gasteiger partial charge in [-0.3, -0.25) is 4.79 Å². The van der Waals surface area contributed by atoms with Crippen molar-refractivity contribution in [2.75, 3.05) is 49.6 Å². The van der Waals surface area contributed by atoms with Crippen LogP contribution in [0.1, 0.15) is 16.1 Å². The Morgan fingerprint density at radius 1 is 1.23 bits per heavy atom. The fourth-order valence-electron chi connectivity index (χ4n) is 2.68. The first-order valence-electron chi connectivity index (χ1n) is 8.58. The molecule has 1 aliphatic rings. The number of aromatic nitrogens is 2. The first-order valence-corrected chi connectivity index (χ1v) is 8.96. The minimum Gasteiger partial charge on any atom is -0.378 e. The van der Waals surface area contributed by atoms with Gasteiger partial charge in [-0.15, -0.1) is 0 Å². The molecule has 2 N–H and O–H groups in total. The van der Waals surface area contributed by atoms with Crippen LogP contribution in [0.25, 0.3) is 0 Å². The van der Waals surface area contributed by atoms with E-state index in [1.54, 1.807) is 24.3 Å². The molecular weight excluding hydrogens is 354 g/mol. The monoisotopic (exact) mass is 375 g/mol. The number of anilines is 2. The lowest BCUT2D eigenvalue weighted by Gasteiger charge is -2.28. The lowest BCUT2D eigenvalue weighted by molar-refractivity contribution is 0.0955. The zero-order chi connectivity index (χ0) is 18.4. The number of carbonyl (C=O) groups excluding carboxylic acids is 1. The summed E-state index contributed by atoms with van der Waals surface area (Å²) in [5, 5.41) is 6.43. The summed E-state index contributed by atoms with van der Waals surface area (Å²) in [5.74, 6) is 1.25. The number of hydrogen-bond donors (Lipinski definition) is 2. The SMILES string of the molecule is Cc1cc(N2CCOCC2)nc(NCCNC(=O)c2ccccc2Cl)n1. The molecule has 3 rings (SSSR count). The predicted octanol–water partition coefficient (Wildman–Crippen LogP) is 2.12. The van der Waals surface area contributed by atoms with Crippen LogP contribution < -0.4 is 15.5 Å². The molecule has 1 aromatic heterocycles. The van der Waals surface area contributed by atoms with Gasteiger partial charge in [0, 0.05) is 37.9 Å². The van der Waals surface area contributed by atoms with Gasteiger partial charge in [0.2, 0.25) is 5.95 Å². The molecule has 2 aromatic rings. The summed E-state index contributed by atoms with van der Waals surface area (Å²) in [6.45, 7) is 5.96. The highest BCUT2D eigenvalue weighted by Crippen LogP contribution is 2.16. The van der Waals surface area contributed by atoms with Crippen LogP contribution in [-0.2, 0) is 4.74 Å². The Morgan fingerprint density at radius 3 is 2.77 bits per heavy atom. The standard InChI is InChI=1S/C18H22ClN5O2/c1-13-12-16(24-8-10-26-11-9-24)23-18(22-13)21-7-6-20-17(25)14-4-2-3-5-15(14)19/h2-5,12H,6-11H2,1H3,(H,20,25)(H,21,22,23). The quantitative estimate of drug-likeness (QED) is 0.753. The lowest BCUT2D eigenvalue weighted by atomic mass is 10.2. The molecule has 2 heterocycles. The van der Waals surface area contributed by atoms with Crippen molar-refractivity contribution in [2.45, 2.75) is 6.92 Å². The molecule has 0 unspecified atom stereocenters. The van der Waals surface area contributed by atoms with E-state index in [9.17, 15) is 4.79 Å². The molecular formula is C18H22ClN5O2. The van der Waals surface area contributed by atoms with Crippen molar-refractivity contribution in [3.63, 3.8) is 0 Å². The second-order valence-electron chi connectivity index (χ2n) is 5.95. The van der Waals surface area contributed by atoms with E-state index in [0.29, 0.717) is 42.8 Å². The highest BCUT2D eigenvalue weighted by Gasteiger charge is 2.14. The van der Waals surface area contributed by atoms with E-state index in [1.165, 1.54) is 0 Å². The molecule has 0 saturated carbocycles. The topological polar surface area (TPSA) is 79.4 Å². The van der Waals surface area contributed by atoms with Crippen molar-refractivity contribution < 1.29 is 9.53 Å². The maximum absolute atomic E-state index is 12.1. The third-order valence-corrected chi connectivity index (χ3v) is 4.32. The number of benzene rings is 1. The van der Waals surface area contributed by atoms with E-state index in [0.717, 1.165) is 24.6 Å². The van der Waals surface area contributed by atoms with Crippen molar-refractivity contribution in [2.24, 2.45) is 0 Å². The number of ether oxygens (including phenoxy) is 1. The molecule has 1 aromatic carbocycles. The summed E-state index contributed by atoms with van der Waals surface area (Å²) in [6.07, 6.45) is 0. The summed E-state index contributed by atoms with van der Waals surface area (Å²) in [7, 11) is 0. The number of morpholine rings is 1. The molecule has 0 spiro atoms. The summed E-state index contributed by atoms with van der Waals surface area (Å²) in [4.78, 5) is 23.3. The Hall–Kier alpha value is -2.38. The fraction of sp³-hybridized carbons (Fsp3) is 0.389.